The van der Waals surface area contributed by atoms with Crippen LogP contribution in [0.3, 0.4) is 0 Å². The van der Waals surface area contributed by atoms with E-state index in [0.29, 0.717) is 12.1 Å². The predicted octanol–water partition coefficient (Wildman–Crippen LogP) is 3.70. The molecule has 6 heteroatoms. The molecule has 1 aromatic carbocycles. The Bertz CT molecular complexity index is 621. The number of nitro benzene ring substituents is 1. The van der Waals surface area contributed by atoms with Crippen LogP contribution in [-0.4, -0.2) is 4.92 Å². The third-order valence-corrected chi connectivity index (χ3v) is 4.24. The van der Waals surface area contributed by atoms with Gasteiger partial charge in [-0.15, -0.1) is 11.3 Å². The van der Waals surface area contributed by atoms with E-state index in [-0.39, 0.29) is 6.54 Å². The van der Waals surface area contributed by atoms with Crippen LogP contribution >= 0.6 is 11.3 Å². The topological polar surface area (TPSA) is 55.2 Å². The minimum absolute atomic E-state index is 0.267. The molecule has 4 nitrogen and oxygen atoms in total. The van der Waals surface area contributed by atoms with Crippen molar-refractivity contribution in [1.29, 1.82) is 0 Å². The number of thiophene rings is 1. The molecule has 0 bridgehead atoms. The van der Waals surface area contributed by atoms with Gasteiger partial charge in [0.05, 0.1) is 4.92 Å². The van der Waals surface area contributed by atoms with E-state index < -0.39 is 16.4 Å². The highest BCUT2D eigenvalue weighted by Crippen LogP contribution is 2.22. The quantitative estimate of drug-likeness (QED) is 0.675. The number of nitro groups is 1. The number of aryl methyl sites for hydroxylation is 2. The van der Waals surface area contributed by atoms with E-state index >= 15 is 0 Å². The van der Waals surface area contributed by atoms with Crippen molar-refractivity contribution in [2.24, 2.45) is 0 Å². The maximum absolute atomic E-state index is 13.8. The lowest BCUT2D eigenvalue weighted by Crippen LogP contribution is -2.13. The normalized spacial score (nSPS) is 10.8. The van der Waals surface area contributed by atoms with Crippen LogP contribution in [0, 0.1) is 29.8 Å². The maximum Gasteiger partial charge on any atom is 0.305 e. The Hall–Kier alpha value is -1.79. The predicted molar refractivity (Wildman–Crippen MR) is 77.4 cm³/mol. The molecular formula is C14H15FN2O2S. The molecule has 2 rings (SSSR count). The zero-order valence-corrected chi connectivity index (χ0v) is 12.1. The molecule has 0 fully saturated rings. The Labute approximate surface area is 120 Å². The first kappa shape index (κ1) is 14.6. The first-order valence-corrected chi connectivity index (χ1v) is 6.99. The second-order valence-electron chi connectivity index (χ2n) is 4.56. The van der Waals surface area contributed by atoms with Crippen LogP contribution in [-0.2, 0) is 13.1 Å². The number of hydrogen-bond acceptors (Lipinski definition) is 4. The second kappa shape index (κ2) is 6.11. The van der Waals surface area contributed by atoms with Crippen molar-refractivity contribution in [1.82, 2.24) is 5.32 Å². The molecule has 2 aromatic rings. The molecule has 1 heterocycles. The van der Waals surface area contributed by atoms with Crippen LogP contribution < -0.4 is 5.32 Å². The van der Waals surface area contributed by atoms with E-state index in [1.165, 1.54) is 27.5 Å². The lowest BCUT2D eigenvalue weighted by Gasteiger charge is -2.05. The van der Waals surface area contributed by atoms with E-state index in [1.807, 2.05) is 0 Å². The van der Waals surface area contributed by atoms with Gasteiger partial charge in [-0.2, -0.15) is 4.39 Å². The minimum Gasteiger partial charge on any atom is -0.308 e. The molecule has 106 valence electrons. The van der Waals surface area contributed by atoms with Crippen LogP contribution in [0.2, 0.25) is 0 Å². The Morgan fingerprint density at radius 1 is 1.35 bits per heavy atom. The number of benzene rings is 1. The molecule has 0 aliphatic carbocycles. The highest BCUT2D eigenvalue weighted by Gasteiger charge is 2.16. The number of halogens is 1. The summed E-state index contributed by atoms with van der Waals surface area (Å²) in [7, 11) is 0. The Morgan fingerprint density at radius 2 is 2.10 bits per heavy atom. The first-order chi connectivity index (χ1) is 9.49. The SMILES string of the molecule is Cc1cc(CNCc2cccc([N+](=O)[O-])c2F)sc1C. The van der Waals surface area contributed by atoms with Crippen molar-refractivity contribution in [3.8, 4) is 0 Å². The lowest BCUT2D eigenvalue weighted by atomic mass is 10.2. The molecule has 0 radical (unpaired) electrons. The minimum atomic E-state index is -0.761. The molecule has 0 saturated carbocycles. The molecule has 0 unspecified atom stereocenters. The summed E-state index contributed by atoms with van der Waals surface area (Å²) >= 11 is 1.70. The van der Waals surface area contributed by atoms with Crippen molar-refractivity contribution in [2.75, 3.05) is 0 Å². The molecule has 0 amide bonds. The summed E-state index contributed by atoms with van der Waals surface area (Å²) < 4.78 is 13.8. The molecule has 0 aliphatic rings. The molecule has 1 aromatic heterocycles. The van der Waals surface area contributed by atoms with Crippen LogP contribution in [0.1, 0.15) is 20.9 Å². The number of nitrogens with one attached hydrogen (secondary N) is 1. The summed E-state index contributed by atoms with van der Waals surface area (Å²) in [6.07, 6.45) is 0. The highest BCUT2D eigenvalue weighted by molar-refractivity contribution is 7.12. The summed E-state index contributed by atoms with van der Waals surface area (Å²) in [5.41, 5.74) is 1.07. The zero-order valence-electron chi connectivity index (χ0n) is 11.3. The van der Waals surface area contributed by atoms with E-state index in [0.717, 1.165) is 0 Å². The van der Waals surface area contributed by atoms with Gasteiger partial charge in [0.15, 0.2) is 0 Å². The van der Waals surface area contributed by atoms with Gasteiger partial charge < -0.3 is 5.32 Å². The van der Waals surface area contributed by atoms with Gasteiger partial charge in [-0.25, -0.2) is 0 Å². The highest BCUT2D eigenvalue weighted by atomic mass is 32.1. The van der Waals surface area contributed by atoms with Gasteiger partial charge in [0.2, 0.25) is 5.82 Å². The fourth-order valence-electron chi connectivity index (χ4n) is 1.90. The van der Waals surface area contributed by atoms with Crippen LogP contribution in [0.25, 0.3) is 0 Å². The van der Waals surface area contributed by atoms with Crippen molar-refractivity contribution in [3.05, 3.63) is 61.1 Å². The average Bonchev–Trinajstić information content (AvgIpc) is 2.70. The first-order valence-electron chi connectivity index (χ1n) is 6.17. The Morgan fingerprint density at radius 3 is 2.70 bits per heavy atom. The summed E-state index contributed by atoms with van der Waals surface area (Å²) in [5, 5.41) is 13.8. The molecule has 0 saturated heterocycles. The second-order valence-corrected chi connectivity index (χ2v) is 5.90. The Balaban J connectivity index is 2.01. The van der Waals surface area contributed by atoms with E-state index in [9.17, 15) is 14.5 Å². The van der Waals surface area contributed by atoms with Crippen molar-refractivity contribution >= 4 is 17.0 Å². The largest absolute Gasteiger partial charge is 0.308 e. The maximum atomic E-state index is 13.8. The molecule has 0 spiro atoms. The third kappa shape index (κ3) is 3.20. The van der Waals surface area contributed by atoms with Crippen molar-refractivity contribution in [3.63, 3.8) is 0 Å². The van der Waals surface area contributed by atoms with Gasteiger partial charge in [0.25, 0.3) is 0 Å². The summed E-state index contributed by atoms with van der Waals surface area (Å²) in [6.45, 7) is 5.00. The van der Waals surface area contributed by atoms with Crippen LogP contribution in [0.4, 0.5) is 10.1 Å². The standard InChI is InChI=1S/C14H15FN2O2S/c1-9-6-12(20-10(9)2)8-16-7-11-4-3-5-13(14(11)15)17(18)19/h3-6,16H,7-8H2,1-2H3. The number of rotatable bonds is 5. The van der Waals surface area contributed by atoms with Crippen LogP contribution in [0.15, 0.2) is 24.3 Å². The average molecular weight is 294 g/mol. The Kier molecular flexibility index (Phi) is 4.46. The zero-order chi connectivity index (χ0) is 14.7. The smallest absolute Gasteiger partial charge is 0.305 e. The van der Waals surface area contributed by atoms with Gasteiger partial charge in [-0.3, -0.25) is 10.1 Å². The summed E-state index contributed by atoms with van der Waals surface area (Å²) in [4.78, 5) is 12.4. The third-order valence-electron chi connectivity index (χ3n) is 3.09. The summed E-state index contributed by atoms with van der Waals surface area (Å²) in [6, 6.07) is 6.32. The van der Waals surface area contributed by atoms with Gasteiger partial charge in [-0.05, 0) is 25.5 Å². The van der Waals surface area contributed by atoms with Crippen LogP contribution in [0.5, 0.6) is 0 Å². The van der Waals surface area contributed by atoms with Crippen molar-refractivity contribution in [2.45, 2.75) is 26.9 Å². The van der Waals surface area contributed by atoms with E-state index in [2.05, 4.69) is 25.2 Å². The number of hydrogen-bond donors (Lipinski definition) is 1. The van der Waals surface area contributed by atoms with Gasteiger partial charge in [0.1, 0.15) is 0 Å². The van der Waals surface area contributed by atoms with Gasteiger partial charge in [-0.1, -0.05) is 12.1 Å². The summed E-state index contributed by atoms with van der Waals surface area (Å²) in [5.74, 6) is -0.761. The molecular weight excluding hydrogens is 279 g/mol. The monoisotopic (exact) mass is 294 g/mol. The molecule has 1 N–H and O–H groups in total. The molecule has 20 heavy (non-hydrogen) atoms. The van der Waals surface area contributed by atoms with Crippen molar-refractivity contribution < 1.29 is 9.31 Å². The number of nitrogens with zero attached hydrogens (tertiary/aromatic N) is 1. The fourth-order valence-corrected chi connectivity index (χ4v) is 2.92. The van der Waals surface area contributed by atoms with Gasteiger partial charge >= 0.3 is 5.69 Å². The molecule has 0 atom stereocenters. The molecule has 0 aliphatic heterocycles. The van der Waals surface area contributed by atoms with E-state index in [1.54, 1.807) is 17.4 Å². The fraction of sp³-hybridized carbons (Fsp3) is 0.286. The van der Waals surface area contributed by atoms with Gasteiger partial charge in [0, 0.05) is 34.5 Å². The lowest BCUT2D eigenvalue weighted by molar-refractivity contribution is -0.387. The van der Waals surface area contributed by atoms with E-state index in [4.69, 9.17) is 0 Å².